The maximum atomic E-state index is 12.5. The summed E-state index contributed by atoms with van der Waals surface area (Å²) in [5, 5.41) is 3.02. The molecule has 1 aromatic carbocycles. The summed E-state index contributed by atoms with van der Waals surface area (Å²) >= 11 is 0. The van der Waals surface area contributed by atoms with Gasteiger partial charge in [-0.15, -0.1) is 0 Å². The van der Waals surface area contributed by atoms with Gasteiger partial charge in [0.15, 0.2) is 0 Å². The molecule has 0 radical (unpaired) electrons. The molecule has 2 saturated heterocycles. The van der Waals surface area contributed by atoms with Crippen LogP contribution in [0.3, 0.4) is 0 Å². The monoisotopic (exact) mass is 366 g/mol. The Labute approximate surface area is 160 Å². The van der Waals surface area contributed by atoms with E-state index < -0.39 is 0 Å². The summed E-state index contributed by atoms with van der Waals surface area (Å²) in [5.74, 6) is 1.34. The minimum atomic E-state index is -0.0472. The number of hydrogen-bond donors (Lipinski definition) is 1. The number of ether oxygens (including phenoxy) is 1. The standard InChI is InChI=1S/C21H26N4O2/c26-21(22-13-16-7-10-27-14-16)18-6-4-5-17(11-18)19-12-20(24-15-23-19)25-8-2-1-3-9-25/h4-6,11-12,15-16H,1-3,7-10,13-14H2,(H,22,26). The van der Waals surface area contributed by atoms with E-state index in [-0.39, 0.29) is 5.91 Å². The zero-order valence-corrected chi connectivity index (χ0v) is 15.6. The van der Waals surface area contributed by atoms with Gasteiger partial charge in [-0.2, -0.15) is 0 Å². The lowest BCUT2D eigenvalue weighted by Crippen LogP contribution is -2.30. The first-order valence-electron chi connectivity index (χ1n) is 9.83. The quantitative estimate of drug-likeness (QED) is 0.881. The predicted molar refractivity (Wildman–Crippen MR) is 105 cm³/mol. The Hall–Kier alpha value is -2.47. The van der Waals surface area contributed by atoms with Crippen LogP contribution in [-0.4, -0.2) is 48.7 Å². The molecule has 4 rings (SSSR count). The third-order valence-corrected chi connectivity index (χ3v) is 5.33. The van der Waals surface area contributed by atoms with Crippen LogP contribution in [0.4, 0.5) is 5.82 Å². The highest BCUT2D eigenvalue weighted by Crippen LogP contribution is 2.24. The van der Waals surface area contributed by atoms with Crippen LogP contribution in [-0.2, 0) is 4.74 Å². The topological polar surface area (TPSA) is 67.3 Å². The first-order chi connectivity index (χ1) is 13.3. The minimum absolute atomic E-state index is 0.0472. The summed E-state index contributed by atoms with van der Waals surface area (Å²) in [6, 6.07) is 9.67. The predicted octanol–water partition coefficient (Wildman–Crippen LogP) is 2.90. The van der Waals surface area contributed by atoms with Gasteiger partial charge < -0.3 is 15.0 Å². The zero-order chi connectivity index (χ0) is 18.5. The highest BCUT2D eigenvalue weighted by atomic mass is 16.5. The van der Waals surface area contributed by atoms with Crippen molar-refractivity contribution in [1.82, 2.24) is 15.3 Å². The van der Waals surface area contributed by atoms with Crippen LogP contribution in [0, 0.1) is 5.92 Å². The third kappa shape index (κ3) is 4.45. The molecule has 1 unspecified atom stereocenters. The SMILES string of the molecule is O=C(NCC1CCOC1)c1cccc(-c2cc(N3CCCCC3)ncn2)c1. The number of carbonyl (C=O) groups excluding carboxylic acids is 1. The first kappa shape index (κ1) is 17.9. The van der Waals surface area contributed by atoms with E-state index in [1.54, 1.807) is 6.33 Å². The van der Waals surface area contributed by atoms with E-state index >= 15 is 0 Å². The van der Waals surface area contributed by atoms with Crippen LogP contribution in [0.1, 0.15) is 36.0 Å². The van der Waals surface area contributed by atoms with Crippen LogP contribution >= 0.6 is 0 Å². The Balaban J connectivity index is 1.47. The summed E-state index contributed by atoms with van der Waals surface area (Å²) in [7, 11) is 0. The zero-order valence-electron chi connectivity index (χ0n) is 15.6. The smallest absolute Gasteiger partial charge is 0.251 e. The number of carbonyl (C=O) groups is 1. The van der Waals surface area contributed by atoms with E-state index in [2.05, 4.69) is 20.2 Å². The number of nitrogens with one attached hydrogen (secondary N) is 1. The molecule has 0 bridgehead atoms. The molecule has 6 heteroatoms. The van der Waals surface area contributed by atoms with Crippen LogP contribution in [0.15, 0.2) is 36.7 Å². The van der Waals surface area contributed by atoms with Gasteiger partial charge in [0.2, 0.25) is 0 Å². The summed E-state index contributed by atoms with van der Waals surface area (Å²) in [4.78, 5) is 23.7. The van der Waals surface area contributed by atoms with E-state index in [0.29, 0.717) is 18.0 Å². The van der Waals surface area contributed by atoms with Gasteiger partial charge in [0, 0.05) is 49.4 Å². The second kappa shape index (κ2) is 8.48. The summed E-state index contributed by atoms with van der Waals surface area (Å²) in [6.45, 7) is 4.28. The van der Waals surface area contributed by atoms with Crippen molar-refractivity contribution in [3.05, 3.63) is 42.2 Å². The molecular formula is C21H26N4O2. The number of anilines is 1. The van der Waals surface area contributed by atoms with Crippen molar-refractivity contribution in [2.75, 3.05) is 37.7 Å². The number of rotatable bonds is 5. The van der Waals surface area contributed by atoms with Crippen LogP contribution < -0.4 is 10.2 Å². The maximum Gasteiger partial charge on any atom is 0.251 e. The average Bonchev–Trinajstić information content (AvgIpc) is 3.26. The molecule has 0 spiro atoms. The first-order valence-corrected chi connectivity index (χ1v) is 9.83. The highest BCUT2D eigenvalue weighted by molar-refractivity contribution is 5.95. The van der Waals surface area contributed by atoms with Crippen molar-refractivity contribution in [2.45, 2.75) is 25.7 Å². The Bertz CT molecular complexity index is 783. The van der Waals surface area contributed by atoms with E-state index in [0.717, 1.165) is 49.8 Å². The third-order valence-electron chi connectivity index (χ3n) is 5.33. The van der Waals surface area contributed by atoms with Crippen molar-refractivity contribution < 1.29 is 9.53 Å². The lowest BCUT2D eigenvalue weighted by molar-refractivity contribution is 0.0945. The molecule has 2 aliphatic heterocycles. The van der Waals surface area contributed by atoms with E-state index in [1.165, 1.54) is 19.3 Å². The molecule has 0 saturated carbocycles. The second-order valence-corrected chi connectivity index (χ2v) is 7.33. The van der Waals surface area contributed by atoms with Crippen molar-refractivity contribution in [2.24, 2.45) is 5.92 Å². The average molecular weight is 366 g/mol. The molecule has 1 atom stereocenters. The van der Waals surface area contributed by atoms with Gasteiger partial charge in [-0.3, -0.25) is 4.79 Å². The second-order valence-electron chi connectivity index (χ2n) is 7.33. The van der Waals surface area contributed by atoms with Crippen molar-refractivity contribution in [1.29, 1.82) is 0 Å². The van der Waals surface area contributed by atoms with Crippen LogP contribution in [0.25, 0.3) is 11.3 Å². The Kier molecular flexibility index (Phi) is 5.63. The van der Waals surface area contributed by atoms with Gasteiger partial charge in [0.25, 0.3) is 5.91 Å². The molecule has 2 fully saturated rings. The normalized spacial score (nSPS) is 19.9. The van der Waals surface area contributed by atoms with Gasteiger partial charge in [0.05, 0.1) is 12.3 Å². The molecule has 3 heterocycles. The lowest BCUT2D eigenvalue weighted by Gasteiger charge is -2.27. The Morgan fingerprint density at radius 3 is 2.89 bits per heavy atom. The van der Waals surface area contributed by atoms with E-state index in [9.17, 15) is 4.79 Å². The fraction of sp³-hybridized carbons (Fsp3) is 0.476. The molecule has 27 heavy (non-hydrogen) atoms. The fourth-order valence-electron chi connectivity index (χ4n) is 3.70. The molecule has 142 valence electrons. The number of nitrogens with zero attached hydrogens (tertiary/aromatic N) is 3. The maximum absolute atomic E-state index is 12.5. The van der Waals surface area contributed by atoms with Gasteiger partial charge >= 0.3 is 0 Å². The molecule has 1 N–H and O–H groups in total. The highest BCUT2D eigenvalue weighted by Gasteiger charge is 2.17. The summed E-state index contributed by atoms with van der Waals surface area (Å²) in [5.41, 5.74) is 2.45. The largest absolute Gasteiger partial charge is 0.381 e. The Morgan fingerprint density at radius 2 is 2.07 bits per heavy atom. The fourth-order valence-corrected chi connectivity index (χ4v) is 3.70. The molecule has 1 amide bonds. The van der Waals surface area contributed by atoms with Gasteiger partial charge in [-0.1, -0.05) is 12.1 Å². The van der Waals surface area contributed by atoms with Crippen molar-refractivity contribution in [3.8, 4) is 11.3 Å². The molecule has 1 aromatic heterocycles. The van der Waals surface area contributed by atoms with E-state index in [4.69, 9.17) is 4.74 Å². The minimum Gasteiger partial charge on any atom is -0.381 e. The lowest BCUT2D eigenvalue weighted by atomic mass is 10.1. The van der Waals surface area contributed by atoms with Crippen molar-refractivity contribution >= 4 is 11.7 Å². The van der Waals surface area contributed by atoms with Crippen LogP contribution in [0.2, 0.25) is 0 Å². The molecule has 2 aromatic rings. The molecule has 2 aliphatic rings. The summed E-state index contributed by atoms with van der Waals surface area (Å²) < 4.78 is 5.36. The van der Waals surface area contributed by atoms with Crippen molar-refractivity contribution in [3.63, 3.8) is 0 Å². The molecule has 0 aliphatic carbocycles. The van der Waals surface area contributed by atoms with Gasteiger partial charge in [0.1, 0.15) is 12.1 Å². The molecular weight excluding hydrogens is 340 g/mol. The van der Waals surface area contributed by atoms with Crippen LogP contribution in [0.5, 0.6) is 0 Å². The molecule has 6 nitrogen and oxygen atoms in total. The Morgan fingerprint density at radius 1 is 1.19 bits per heavy atom. The number of aromatic nitrogens is 2. The van der Waals surface area contributed by atoms with E-state index in [1.807, 2.05) is 30.3 Å². The number of hydrogen-bond acceptors (Lipinski definition) is 5. The number of benzene rings is 1. The summed E-state index contributed by atoms with van der Waals surface area (Å²) in [6.07, 6.45) is 6.34. The number of piperidine rings is 1. The van der Waals surface area contributed by atoms with Gasteiger partial charge in [-0.05, 0) is 37.8 Å². The van der Waals surface area contributed by atoms with Gasteiger partial charge in [-0.25, -0.2) is 9.97 Å². The number of amides is 1.